The van der Waals surface area contributed by atoms with Crippen molar-refractivity contribution in [3.63, 3.8) is 0 Å². The number of hydrogen-bond acceptors (Lipinski definition) is 4. The lowest BCUT2D eigenvalue weighted by atomic mass is 10.1. The van der Waals surface area contributed by atoms with E-state index < -0.39 is 0 Å². The second kappa shape index (κ2) is 10.2. The highest BCUT2D eigenvalue weighted by atomic mass is 16.5. The van der Waals surface area contributed by atoms with E-state index in [1.807, 2.05) is 39.0 Å². The molecule has 2 N–H and O–H groups in total. The molecule has 0 saturated carbocycles. The van der Waals surface area contributed by atoms with Gasteiger partial charge in [-0.15, -0.1) is 0 Å². The van der Waals surface area contributed by atoms with Crippen LogP contribution in [0.25, 0.3) is 0 Å². The van der Waals surface area contributed by atoms with Gasteiger partial charge >= 0.3 is 0 Å². The Morgan fingerprint density at radius 1 is 1.00 bits per heavy atom. The first-order valence-corrected chi connectivity index (χ1v) is 9.08. The normalized spacial score (nSPS) is 10.2. The zero-order valence-corrected chi connectivity index (χ0v) is 16.0. The van der Waals surface area contributed by atoms with Crippen molar-refractivity contribution in [3.8, 4) is 11.5 Å². The maximum atomic E-state index is 12.3. The first-order valence-electron chi connectivity index (χ1n) is 9.08. The Labute approximate surface area is 159 Å². The topological polar surface area (TPSA) is 76.7 Å². The Morgan fingerprint density at radius 3 is 2.44 bits per heavy atom. The lowest BCUT2D eigenvalue weighted by Crippen LogP contribution is -2.28. The van der Waals surface area contributed by atoms with Crippen molar-refractivity contribution in [1.82, 2.24) is 5.32 Å². The highest BCUT2D eigenvalue weighted by Crippen LogP contribution is 2.29. The molecule has 6 heteroatoms. The monoisotopic (exact) mass is 370 g/mol. The third-order valence-electron chi connectivity index (χ3n) is 3.86. The van der Waals surface area contributed by atoms with E-state index in [2.05, 4.69) is 10.6 Å². The van der Waals surface area contributed by atoms with Crippen molar-refractivity contribution < 1.29 is 19.1 Å². The molecule has 0 radical (unpaired) electrons. The van der Waals surface area contributed by atoms with Gasteiger partial charge in [-0.25, -0.2) is 0 Å². The fourth-order valence-corrected chi connectivity index (χ4v) is 2.57. The molecule has 0 aromatic heterocycles. The van der Waals surface area contributed by atoms with Crippen molar-refractivity contribution in [3.05, 3.63) is 53.6 Å². The molecule has 0 aliphatic carbocycles. The third kappa shape index (κ3) is 6.02. The average molecular weight is 370 g/mol. The van der Waals surface area contributed by atoms with Crippen molar-refractivity contribution in [2.45, 2.75) is 27.2 Å². The predicted octanol–water partition coefficient (Wildman–Crippen LogP) is 3.55. The van der Waals surface area contributed by atoms with Gasteiger partial charge in [-0.2, -0.15) is 0 Å². The Balaban J connectivity index is 1.92. The number of rotatable bonds is 9. The second-order valence-corrected chi connectivity index (χ2v) is 5.89. The van der Waals surface area contributed by atoms with E-state index in [9.17, 15) is 9.59 Å². The van der Waals surface area contributed by atoms with Crippen molar-refractivity contribution >= 4 is 17.5 Å². The molecule has 0 atom stereocenters. The van der Waals surface area contributed by atoms with Gasteiger partial charge in [0.2, 0.25) is 5.91 Å². The van der Waals surface area contributed by atoms with Gasteiger partial charge in [-0.1, -0.05) is 18.2 Å². The van der Waals surface area contributed by atoms with Crippen LogP contribution in [0.5, 0.6) is 11.5 Å². The molecule has 2 aromatic rings. The van der Waals surface area contributed by atoms with Crippen LogP contribution in [0.1, 0.15) is 36.2 Å². The van der Waals surface area contributed by atoms with Crippen LogP contribution in [-0.2, 0) is 4.79 Å². The summed E-state index contributed by atoms with van der Waals surface area (Å²) in [4.78, 5) is 24.4. The fraction of sp³-hybridized carbons (Fsp3) is 0.333. The molecule has 6 nitrogen and oxygen atoms in total. The zero-order valence-electron chi connectivity index (χ0n) is 16.0. The van der Waals surface area contributed by atoms with Crippen LogP contribution in [0.4, 0.5) is 5.69 Å². The third-order valence-corrected chi connectivity index (χ3v) is 3.86. The predicted molar refractivity (Wildman–Crippen MR) is 106 cm³/mol. The van der Waals surface area contributed by atoms with E-state index in [4.69, 9.17) is 9.47 Å². The molecule has 144 valence electrons. The van der Waals surface area contributed by atoms with Gasteiger partial charge in [0, 0.05) is 24.6 Å². The molecule has 0 aliphatic rings. The number of amides is 2. The summed E-state index contributed by atoms with van der Waals surface area (Å²) < 4.78 is 11.0. The summed E-state index contributed by atoms with van der Waals surface area (Å²) in [6, 6.07) is 12.6. The average Bonchev–Trinajstić information content (AvgIpc) is 2.64. The van der Waals surface area contributed by atoms with Gasteiger partial charge in [-0.05, 0) is 44.5 Å². The number of aryl methyl sites for hydroxylation is 1. The van der Waals surface area contributed by atoms with Gasteiger partial charge in [0.05, 0.1) is 18.9 Å². The number of carbonyl (C=O) groups is 2. The number of hydrogen-bond donors (Lipinski definition) is 2. The summed E-state index contributed by atoms with van der Waals surface area (Å²) in [5, 5.41) is 5.60. The highest BCUT2D eigenvalue weighted by Gasteiger charge is 2.12. The van der Waals surface area contributed by atoms with Gasteiger partial charge in [0.1, 0.15) is 11.5 Å². The summed E-state index contributed by atoms with van der Waals surface area (Å²) in [6.07, 6.45) is 0.155. The molecule has 0 fully saturated rings. The Morgan fingerprint density at radius 2 is 1.74 bits per heavy atom. The Bertz CT molecular complexity index is 790. The van der Waals surface area contributed by atoms with Crippen molar-refractivity contribution in [1.29, 1.82) is 0 Å². The number of carbonyl (C=O) groups excluding carboxylic acids is 2. The van der Waals surface area contributed by atoms with Gasteiger partial charge < -0.3 is 20.1 Å². The molecule has 0 spiro atoms. The highest BCUT2D eigenvalue weighted by molar-refractivity contribution is 5.96. The van der Waals surface area contributed by atoms with E-state index in [1.54, 1.807) is 24.3 Å². The Hall–Kier alpha value is -3.02. The van der Waals surface area contributed by atoms with Crippen molar-refractivity contribution in [2.24, 2.45) is 0 Å². The zero-order chi connectivity index (χ0) is 19.6. The number of benzene rings is 2. The first-order chi connectivity index (χ1) is 13.0. The van der Waals surface area contributed by atoms with Crippen LogP contribution in [0.2, 0.25) is 0 Å². The molecule has 0 saturated heterocycles. The molecular weight excluding hydrogens is 344 g/mol. The van der Waals surface area contributed by atoms with E-state index in [0.717, 1.165) is 5.56 Å². The first kappa shape index (κ1) is 20.3. The van der Waals surface area contributed by atoms with Crippen molar-refractivity contribution in [2.75, 3.05) is 25.1 Å². The van der Waals surface area contributed by atoms with Gasteiger partial charge in [0.15, 0.2) is 0 Å². The molecule has 0 heterocycles. The molecule has 27 heavy (non-hydrogen) atoms. The lowest BCUT2D eigenvalue weighted by Gasteiger charge is -2.14. The lowest BCUT2D eigenvalue weighted by molar-refractivity contribution is -0.116. The minimum Gasteiger partial charge on any atom is -0.494 e. The number of nitrogens with one attached hydrogen (secondary N) is 2. The largest absolute Gasteiger partial charge is 0.494 e. The number of anilines is 1. The molecular formula is C21H26N2O4. The molecule has 0 bridgehead atoms. The van der Waals surface area contributed by atoms with Gasteiger partial charge in [0.25, 0.3) is 5.91 Å². The molecule has 2 aromatic carbocycles. The standard InChI is InChI=1S/C21H26N2O4/c1-4-26-16-10-11-19(27-5-2)18(14-16)23-20(24)12-13-22-21(25)17-9-7-6-8-15(17)3/h6-11,14H,4-5,12-13H2,1-3H3,(H,22,25)(H,23,24). The van der Waals surface area contributed by atoms with E-state index in [-0.39, 0.29) is 24.8 Å². The summed E-state index contributed by atoms with van der Waals surface area (Å²) in [5.74, 6) is 0.839. The van der Waals surface area contributed by atoms with E-state index >= 15 is 0 Å². The summed E-state index contributed by atoms with van der Waals surface area (Å²) in [7, 11) is 0. The van der Waals surface area contributed by atoms with Crippen LogP contribution in [0.3, 0.4) is 0 Å². The SMILES string of the molecule is CCOc1ccc(OCC)c(NC(=O)CCNC(=O)c2ccccc2C)c1. The number of ether oxygens (including phenoxy) is 2. The summed E-state index contributed by atoms with van der Waals surface area (Å²) in [6.45, 7) is 6.92. The van der Waals surface area contributed by atoms with Crippen LogP contribution in [-0.4, -0.2) is 31.6 Å². The summed E-state index contributed by atoms with van der Waals surface area (Å²) >= 11 is 0. The maximum absolute atomic E-state index is 12.3. The Kier molecular flexibility index (Phi) is 7.67. The van der Waals surface area contributed by atoms with Crippen LogP contribution in [0.15, 0.2) is 42.5 Å². The van der Waals surface area contributed by atoms with Crippen LogP contribution >= 0.6 is 0 Å². The maximum Gasteiger partial charge on any atom is 0.251 e. The quantitative estimate of drug-likeness (QED) is 0.708. The molecule has 2 amide bonds. The van der Waals surface area contributed by atoms with E-state index in [1.165, 1.54) is 0 Å². The molecule has 0 aliphatic heterocycles. The van der Waals surface area contributed by atoms with E-state index in [0.29, 0.717) is 36.0 Å². The van der Waals surface area contributed by atoms with Crippen LogP contribution in [0, 0.1) is 6.92 Å². The summed E-state index contributed by atoms with van der Waals surface area (Å²) in [5.41, 5.74) is 2.06. The molecule has 0 unspecified atom stereocenters. The fourth-order valence-electron chi connectivity index (χ4n) is 2.57. The van der Waals surface area contributed by atoms with Crippen LogP contribution < -0.4 is 20.1 Å². The van der Waals surface area contributed by atoms with Gasteiger partial charge in [-0.3, -0.25) is 9.59 Å². The molecule has 2 rings (SSSR count). The minimum absolute atomic E-state index is 0.155. The second-order valence-electron chi connectivity index (χ2n) is 5.89. The minimum atomic E-state index is -0.213. The smallest absolute Gasteiger partial charge is 0.251 e.